The van der Waals surface area contributed by atoms with Gasteiger partial charge in [-0.1, -0.05) is 36.4 Å². The van der Waals surface area contributed by atoms with Gasteiger partial charge in [0.1, 0.15) is 5.82 Å². The van der Waals surface area contributed by atoms with Crippen LogP contribution in [-0.4, -0.2) is 32.7 Å². The number of nitrogens with zero attached hydrogens (tertiary/aromatic N) is 1. The summed E-state index contributed by atoms with van der Waals surface area (Å²) in [6, 6.07) is 14.8. The van der Waals surface area contributed by atoms with Crippen LogP contribution in [-0.2, 0) is 0 Å². The minimum atomic E-state index is -0.358. The normalized spacial score (nSPS) is 15.7. The first kappa shape index (κ1) is 17.9. The minimum Gasteiger partial charge on any atom is -0.356 e. The Labute approximate surface area is 162 Å². The summed E-state index contributed by atoms with van der Waals surface area (Å²) in [5, 5.41) is 2.40. The number of nitrogens with one attached hydrogen (secondary N) is 1. The second-order valence-electron chi connectivity index (χ2n) is 6.84. The summed E-state index contributed by atoms with van der Waals surface area (Å²) in [5.74, 6) is -0.358. The Morgan fingerprint density at radius 2 is 1.89 bits per heavy atom. The van der Waals surface area contributed by atoms with Gasteiger partial charge >= 0.3 is 0 Å². The number of benzene rings is 2. The largest absolute Gasteiger partial charge is 0.356 e. The molecule has 0 spiro atoms. The molecule has 1 aliphatic rings. The first-order chi connectivity index (χ1) is 13.2. The highest BCUT2D eigenvalue weighted by molar-refractivity contribution is 7.16. The standard InChI is InChI=1S/C22H21FN2OS/c23-18-8-9-21-19(15-18)22(26)20(16-27-21)25-13-11-24(12-14-25)10-4-7-17-5-2-1-3-6-17/h1-9,15-16H,10-14H2/p+1/b7-4+. The van der Waals surface area contributed by atoms with Gasteiger partial charge in [0.15, 0.2) is 0 Å². The molecule has 0 saturated carbocycles. The van der Waals surface area contributed by atoms with Crippen LogP contribution in [0, 0.1) is 5.82 Å². The molecule has 1 aliphatic heterocycles. The van der Waals surface area contributed by atoms with Gasteiger partial charge in [-0.3, -0.25) is 4.79 Å². The van der Waals surface area contributed by atoms with Crippen molar-refractivity contribution in [3.8, 4) is 0 Å². The van der Waals surface area contributed by atoms with Gasteiger partial charge in [-0.2, -0.15) is 0 Å². The van der Waals surface area contributed by atoms with E-state index in [0.29, 0.717) is 11.1 Å². The molecule has 2 heterocycles. The van der Waals surface area contributed by atoms with Gasteiger partial charge in [-0.05, 0) is 29.8 Å². The Morgan fingerprint density at radius 1 is 1.11 bits per heavy atom. The van der Waals surface area contributed by atoms with E-state index in [1.54, 1.807) is 6.07 Å². The molecule has 3 nitrogen and oxygen atoms in total. The number of hydrogen-bond acceptors (Lipinski definition) is 3. The molecule has 2 aromatic carbocycles. The predicted octanol–water partition coefficient (Wildman–Crippen LogP) is 2.82. The second kappa shape index (κ2) is 8.03. The smallest absolute Gasteiger partial charge is 0.211 e. The van der Waals surface area contributed by atoms with Crippen molar-refractivity contribution in [3.05, 3.63) is 81.6 Å². The van der Waals surface area contributed by atoms with Crippen molar-refractivity contribution >= 4 is 33.2 Å². The van der Waals surface area contributed by atoms with Crippen molar-refractivity contribution < 1.29 is 9.29 Å². The highest BCUT2D eigenvalue weighted by Gasteiger charge is 2.21. The van der Waals surface area contributed by atoms with Crippen LogP contribution in [0.1, 0.15) is 5.56 Å². The second-order valence-corrected chi connectivity index (χ2v) is 7.76. The Balaban J connectivity index is 1.41. The topological polar surface area (TPSA) is 24.8 Å². The molecule has 0 bridgehead atoms. The van der Waals surface area contributed by atoms with Crippen LogP contribution in [0.3, 0.4) is 0 Å². The SMILES string of the molecule is O=c1c(N2CC[NH+](C/C=C/c3ccccc3)CC2)csc2ccc(F)cc12. The third kappa shape index (κ3) is 4.10. The molecule has 138 valence electrons. The average molecular weight is 381 g/mol. The van der Waals surface area contributed by atoms with Crippen molar-refractivity contribution in [2.75, 3.05) is 37.6 Å². The van der Waals surface area contributed by atoms with Gasteiger partial charge in [0, 0.05) is 15.5 Å². The monoisotopic (exact) mass is 381 g/mol. The molecule has 0 unspecified atom stereocenters. The molecule has 1 fully saturated rings. The van der Waals surface area contributed by atoms with E-state index in [-0.39, 0.29) is 11.2 Å². The summed E-state index contributed by atoms with van der Waals surface area (Å²) in [5.41, 5.74) is 1.86. The summed E-state index contributed by atoms with van der Waals surface area (Å²) in [6.07, 6.45) is 4.38. The molecular formula is C22H22FN2OS+. The van der Waals surface area contributed by atoms with Crippen LogP contribution in [0.15, 0.2) is 64.8 Å². The summed E-state index contributed by atoms with van der Waals surface area (Å²) >= 11 is 1.51. The number of rotatable bonds is 4. The van der Waals surface area contributed by atoms with Crippen molar-refractivity contribution in [1.29, 1.82) is 0 Å². The lowest BCUT2D eigenvalue weighted by atomic mass is 10.2. The molecule has 0 radical (unpaired) electrons. The van der Waals surface area contributed by atoms with Crippen LogP contribution in [0.2, 0.25) is 0 Å². The number of quaternary nitrogens is 1. The van der Waals surface area contributed by atoms with Crippen molar-refractivity contribution in [1.82, 2.24) is 0 Å². The molecule has 3 aromatic rings. The van der Waals surface area contributed by atoms with E-state index >= 15 is 0 Å². The van der Waals surface area contributed by atoms with Gasteiger partial charge in [-0.25, -0.2) is 4.39 Å². The molecule has 27 heavy (non-hydrogen) atoms. The van der Waals surface area contributed by atoms with E-state index < -0.39 is 0 Å². The third-order valence-electron chi connectivity index (χ3n) is 5.04. The van der Waals surface area contributed by atoms with Gasteiger partial charge in [0.05, 0.1) is 38.4 Å². The average Bonchev–Trinajstić information content (AvgIpc) is 2.70. The number of fused-ring (bicyclic) bond motifs is 1. The summed E-state index contributed by atoms with van der Waals surface area (Å²) < 4.78 is 14.4. The predicted molar refractivity (Wildman–Crippen MR) is 111 cm³/mol. The highest BCUT2D eigenvalue weighted by atomic mass is 32.1. The summed E-state index contributed by atoms with van der Waals surface area (Å²) in [4.78, 5) is 16.4. The van der Waals surface area contributed by atoms with Crippen molar-refractivity contribution in [3.63, 3.8) is 0 Å². The first-order valence-corrected chi connectivity index (χ1v) is 10.1. The maximum atomic E-state index is 13.5. The minimum absolute atomic E-state index is 0.0596. The molecule has 0 aliphatic carbocycles. The quantitative estimate of drug-likeness (QED) is 0.752. The van der Waals surface area contributed by atoms with E-state index in [0.717, 1.165) is 37.4 Å². The Kier molecular flexibility index (Phi) is 5.32. The number of piperazine rings is 1. The number of halogens is 1. The van der Waals surface area contributed by atoms with Crippen LogP contribution in [0.5, 0.6) is 0 Å². The zero-order valence-electron chi connectivity index (χ0n) is 15.0. The van der Waals surface area contributed by atoms with Crippen molar-refractivity contribution in [2.45, 2.75) is 0 Å². The Morgan fingerprint density at radius 3 is 2.67 bits per heavy atom. The Bertz CT molecular complexity index is 1010. The summed E-state index contributed by atoms with van der Waals surface area (Å²) in [6.45, 7) is 4.65. The zero-order chi connectivity index (χ0) is 18.6. The fourth-order valence-electron chi connectivity index (χ4n) is 3.51. The van der Waals surface area contributed by atoms with Crippen LogP contribution in [0.4, 0.5) is 10.1 Å². The lowest BCUT2D eigenvalue weighted by Crippen LogP contribution is -3.14. The molecule has 1 aromatic heterocycles. The molecule has 1 N–H and O–H groups in total. The lowest BCUT2D eigenvalue weighted by Gasteiger charge is -2.32. The zero-order valence-corrected chi connectivity index (χ0v) is 15.8. The summed E-state index contributed by atoms with van der Waals surface area (Å²) in [7, 11) is 0. The highest BCUT2D eigenvalue weighted by Crippen LogP contribution is 2.22. The van der Waals surface area contributed by atoms with Gasteiger partial charge in [-0.15, -0.1) is 11.3 Å². The lowest BCUT2D eigenvalue weighted by molar-refractivity contribution is -0.894. The van der Waals surface area contributed by atoms with E-state index in [9.17, 15) is 9.18 Å². The van der Waals surface area contributed by atoms with E-state index in [2.05, 4.69) is 29.2 Å². The van der Waals surface area contributed by atoms with E-state index in [1.165, 1.54) is 33.9 Å². The van der Waals surface area contributed by atoms with E-state index in [4.69, 9.17) is 0 Å². The van der Waals surface area contributed by atoms with Crippen LogP contribution >= 0.6 is 11.3 Å². The van der Waals surface area contributed by atoms with Crippen molar-refractivity contribution in [2.24, 2.45) is 0 Å². The molecule has 4 rings (SSSR count). The molecule has 5 heteroatoms. The third-order valence-corrected chi connectivity index (χ3v) is 6.00. The fourth-order valence-corrected chi connectivity index (χ4v) is 4.43. The van der Waals surface area contributed by atoms with E-state index in [1.807, 2.05) is 23.6 Å². The molecule has 0 atom stereocenters. The van der Waals surface area contributed by atoms with Gasteiger partial charge in [0.25, 0.3) is 0 Å². The maximum Gasteiger partial charge on any atom is 0.211 e. The maximum absolute atomic E-state index is 13.5. The Hall–Kier alpha value is -2.50. The van der Waals surface area contributed by atoms with Gasteiger partial charge < -0.3 is 9.80 Å². The molecule has 1 saturated heterocycles. The molecule has 0 amide bonds. The fraction of sp³-hybridized carbons (Fsp3) is 0.227. The first-order valence-electron chi connectivity index (χ1n) is 9.22. The molecular weight excluding hydrogens is 359 g/mol. The number of anilines is 1. The van der Waals surface area contributed by atoms with Gasteiger partial charge in [0.2, 0.25) is 5.43 Å². The van der Waals surface area contributed by atoms with Crippen LogP contribution < -0.4 is 15.2 Å². The van der Waals surface area contributed by atoms with Crippen LogP contribution in [0.25, 0.3) is 16.2 Å². The number of hydrogen-bond donors (Lipinski definition) is 1.